The second kappa shape index (κ2) is 7.40. The van der Waals surface area contributed by atoms with Gasteiger partial charge in [0.2, 0.25) is 0 Å². The molecule has 3 nitrogen and oxygen atoms in total. The van der Waals surface area contributed by atoms with Crippen LogP contribution in [0.3, 0.4) is 0 Å². The summed E-state index contributed by atoms with van der Waals surface area (Å²) in [5.74, 6) is 0.635. The Morgan fingerprint density at radius 2 is 1.96 bits per heavy atom. The number of fused-ring (bicyclic) bond motifs is 1. The zero-order valence-electron chi connectivity index (χ0n) is 15.3. The molecule has 1 aromatic carbocycles. The first-order chi connectivity index (χ1) is 11.7. The molecule has 128 valence electrons. The number of hydrogen-bond acceptors (Lipinski definition) is 1. The zero-order valence-corrected chi connectivity index (χ0v) is 15.3. The van der Waals surface area contributed by atoms with E-state index in [1.54, 1.807) is 0 Å². The Hall–Kier alpha value is -1.79. The molecular weight excluding hydrogens is 294 g/mol. The van der Waals surface area contributed by atoms with Crippen LogP contribution >= 0.6 is 0 Å². The van der Waals surface area contributed by atoms with Gasteiger partial charge in [-0.25, -0.2) is 4.85 Å². The second-order valence-electron chi connectivity index (χ2n) is 7.21. The van der Waals surface area contributed by atoms with Gasteiger partial charge >= 0.3 is 0 Å². The van der Waals surface area contributed by atoms with Gasteiger partial charge in [-0.2, -0.15) is 0 Å². The largest absolute Gasteiger partial charge is 0.350 e. The molecule has 3 rings (SSSR count). The lowest BCUT2D eigenvalue weighted by molar-refractivity contribution is 0.197. The fourth-order valence-electron chi connectivity index (χ4n) is 4.43. The van der Waals surface area contributed by atoms with Crippen LogP contribution in [0.25, 0.3) is 15.7 Å². The Balaban J connectivity index is 1.85. The summed E-state index contributed by atoms with van der Waals surface area (Å²) in [6.07, 6.45) is 8.63. The Labute approximate surface area is 146 Å². The fourth-order valence-corrected chi connectivity index (χ4v) is 4.43. The van der Waals surface area contributed by atoms with Crippen molar-refractivity contribution in [1.29, 1.82) is 0 Å². The lowest BCUT2D eigenvalue weighted by atomic mass is 9.96. The molecule has 0 spiro atoms. The van der Waals surface area contributed by atoms with E-state index < -0.39 is 0 Å². The number of benzene rings is 1. The molecule has 3 heteroatoms. The molecule has 1 saturated carbocycles. The quantitative estimate of drug-likeness (QED) is 0.641. The summed E-state index contributed by atoms with van der Waals surface area (Å²) in [6, 6.07) is 6.84. The van der Waals surface area contributed by atoms with Crippen LogP contribution in [0.15, 0.2) is 24.4 Å². The summed E-state index contributed by atoms with van der Waals surface area (Å²) in [7, 11) is 2.12. The molecule has 2 atom stereocenters. The van der Waals surface area contributed by atoms with Crippen LogP contribution in [0.4, 0.5) is 5.69 Å². The molecule has 2 unspecified atom stereocenters. The lowest BCUT2D eigenvalue weighted by Gasteiger charge is -2.28. The Morgan fingerprint density at radius 3 is 2.62 bits per heavy atom. The van der Waals surface area contributed by atoms with Crippen molar-refractivity contribution < 1.29 is 0 Å². The first-order valence-corrected chi connectivity index (χ1v) is 9.38. The summed E-state index contributed by atoms with van der Waals surface area (Å²) in [5.41, 5.74) is 3.45. The third-order valence-corrected chi connectivity index (χ3v) is 5.52. The van der Waals surface area contributed by atoms with Gasteiger partial charge in [-0.15, -0.1) is 0 Å². The van der Waals surface area contributed by atoms with Gasteiger partial charge in [0.1, 0.15) is 0 Å². The van der Waals surface area contributed by atoms with Crippen molar-refractivity contribution in [2.75, 3.05) is 13.1 Å². The van der Waals surface area contributed by atoms with Crippen LogP contribution in [-0.4, -0.2) is 28.6 Å². The van der Waals surface area contributed by atoms with Gasteiger partial charge in [-0.3, -0.25) is 0 Å². The standard InChI is InChI=1S/C21H29N3/c1-5-11-24(12-6-2)18-9-7-16(13-18)20-15-23(4)21-10-8-17(22-3)14-19(20)21/h8,10,14-16,18H,5-7,9,11-13H2,1-2,4H3. The Morgan fingerprint density at radius 1 is 1.21 bits per heavy atom. The SMILES string of the molecule is [C-]#[N+]c1ccc2c(c1)c(C1CCC(N(CCC)CCC)C1)cn2C. The third-order valence-electron chi connectivity index (χ3n) is 5.52. The molecule has 1 fully saturated rings. The van der Waals surface area contributed by atoms with E-state index in [4.69, 9.17) is 6.57 Å². The average molecular weight is 323 g/mol. The first kappa shape index (κ1) is 17.0. The lowest BCUT2D eigenvalue weighted by Crippen LogP contribution is -2.34. The van der Waals surface area contributed by atoms with Gasteiger partial charge in [0.25, 0.3) is 0 Å². The van der Waals surface area contributed by atoms with Crippen LogP contribution in [0, 0.1) is 6.57 Å². The van der Waals surface area contributed by atoms with Gasteiger partial charge in [-0.05, 0) is 74.2 Å². The highest BCUT2D eigenvalue weighted by Gasteiger charge is 2.31. The van der Waals surface area contributed by atoms with Gasteiger partial charge in [0, 0.05) is 24.8 Å². The minimum absolute atomic E-state index is 0.635. The minimum atomic E-state index is 0.635. The normalized spacial score (nSPS) is 20.8. The highest BCUT2D eigenvalue weighted by molar-refractivity contribution is 5.87. The summed E-state index contributed by atoms with van der Waals surface area (Å²) in [5, 5.41) is 1.29. The van der Waals surface area contributed by atoms with Gasteiger partial charge < -0.3 is 9.47 Å². The van der Waals surface area contributed by atoms with E-state index in [0.717, 1.165) is 11.7 Å². The van der Waals surface area contributed by atoms with Crippen LogP contribution in [0.2, 0.25) is 0 Å². The molecular formula is C21H29N3. The van der Waals surface area contributed by atoms with Crippen molar-refractivity contribution in [2.24, 2.45) is 7.05 Å². The Bertz CT molecular complexity index is 731. The molecule has 0 amide bonds. The van der Waals surface area contributed by atoms with Gasteiger partial charge in [0.15, 0.2) is 5.69 Å². The average Bonchev–Trinajstić information content (AvgIpc) is 3.19. The molecule has 1 aromatic heterocycles. The highest BCUT2D eigenvalue weighted by Crippen LogP contribution is 2.41. The van der Waals surface area contributed by atoms with E-state index in [1.807, 2.05) is 6.07 Å². The molecule has 24 heavy (non-hydrogen) atoms. The molecule has 0 saturated heterocycles. The van der Waals surface area contributed by atoms with Crippen molar-refractivity contribution in [3.05, 3.63) is 41.4 Å². The van der Waals surface area contributed by atoms with Crippen LogP contribution in [0.1, 0.15) is 57.4 Å². The molecule has 0 bridgehead atoms. The molecule has 2 aromatic rings. The smallest absolute Gasteiger partial charge is 0.187 e. The van der Waals surface area contributed by atoms with Gasteiger partial charge in [-0.1, -0.05) is 19.9 Å². The zero-order chi connectivity index (χ0) is 17.1. The van der Waals surface area contributed by atoms with Crippen molar-refractivity contribution in [2.45, 2.75) is 57.9 Å². The maximum absolute atomic E-state index is 7.30. The summed E-state index contributed by atoms with van der Waals surface area (Å²) < 4.78 is 2.22. The topological polar surface area (TPSA) is 12.5 Å². The molecule has 0 radical (unpaired) electrons. The number of aromatic nitrogens is 1. The van der Waals surface area contributed by atoms with Crippen molar-refractivity contribution in [3.63, 3.8) is 0 Å². The monoisotopic (exact) mass is 323 g/mol. The predicted octanol–water partition coefficient (Wildman–Crippen LogP) is 5.49. The molecule has 0 aliphatic heterocycles. The summed E-state index contributed by atoms with van der Waals surface area (Å²) in [6.45, 7) is 14.3. The molecule has 1 heterocycles. The van der Waals surface area contributed by atoms with E-state index in [9.17, 15) is 0 Å². The number of hydrogen-bond donors (Lipinski definition) is 0. The van der Waals surface area contributed by atoms with E-state index in [2.05, 4.69) is 53.5 Å². The van der Waals surface area contributed by atoms with E-state index in [-0.39, 0.29) is 0 Å². The van der Waals surface area contributed by atoms with E-state index >= 15 is 0 Å². The number of nitrogens with zero attached hydrogens (tertiary/aromatic N) is 3. The molecule has 1 aliphatic carbocycles. The first-order valence-electron chi connectivity index (χ1n) is 9.38. The van der Waals surface area contributed by atoms with E-state index in [1.165, 1.54) is 61.7 Å². The fraction of sp³-hybridized carbons (Fsp3) is 0.571. The molecule has 0 N–H and O–H groups in total. The van der Waals surface area contributed by atoms with Crippen molar-refractivity contribution >= 4 is 16.6 Å². The van der Waals surface area contributed by atoms with Gasteiger partial charge in [0.05, 0.1) is 6.57 Å². The third kappa shape index (κ3) is 3.21. The predicted molar refractivity (Wildman–Crippen MR) is 102 cm³/mol. The van der Waals surface area contributed by atoms with Crippen LogP contribution in [0.5, 0.6) is 0 Å². The van der Waals surface area contributed by atoms with E-state index in [0.29, 0.717) is 5.92 Å². The number of rotatable bonds is 6. The number of aryl methyl sites for hydroxylation is 1. The second-order valence-corrected chi connectivity index (χ2v) is 7.21. The van der Waals surface area contributed by atoms with Crippen LogP contribution in [-0.2, 0) is 7.05 Å². The Kier molecular flexibility index (Phi) is 5.26. The maximum Gasteiger partial charge on any atom is 0.187 e. The molecule has 1 aliphatic rings. The van der Waals surface area contributed by atoms with Crippen LogP contribution < -0.4 is 0 Å². The highest BCUT2D eigenvalue weighted by atomic mass is 15.2. The van der Waals surface area contributed by atoms with Crippen molar-refractivity contribution in [3.8, 4) is 0 Å². The summed E-state index contributed by atoms with van der Waals surface area (Å²) in [4.78, 5) is 6.33. The van der Waals surface area contributed by atoms with Crippen molar-refractivity contribution in [1.82, 2.24) is 9.47 Å². The maximum atomic E-state index is 7.30. The summed E-state index contributed by atoms with van der Waals surface area (Å²) >= 11 is 0. The minimum Gasteiger partial charge on any atom is -0.350 e.